The quantitative estimate of drug-likeness (QED) is 0.175. The van der Waals surface area contributed by atoms with E-state index >= 15 is 0 Å². The molecular weight excluding hydrogens is 648 g/mol. The number of carbonyl (C=O) groups is 4. The first-order valence-electron chi connectivity index (χ1n) is 12.4. The summed E-state index contributed by atoms with van der Waals surface area (Å²) in [6.45, 7) is 5.04. The van der Waals surface area contributed by atoms with Crippen molar-refractivity contribution in [2.24, 2.45) is 5.92 Å². The molecule has 2 unspecified atom stereocenters. The van der Waals surface area contributed by atoms with Gasteiger partial charge in [0.2, 0.25) is 11.8 Å². The summed E-state index contributed by atoms with van der Waals surface area (Å²) in [4.78, 5) is 47.8. The minimum atomic E-state index is -1.32. The largest absolute Gasteiger partial charge is 0.465 e. The molecule has 2 aromatic carbocycles. The Morgan fingerprint density at radius 3 is 2.08 bits per heavy atom. The highest BCUT2D eigenvalue weighted by Gasteiger charge is 2.26. The van der Waals surface area contributed by atoms with Gasteiger partial charge in [0, 0.05) is 21.9 Å². The zero-order valence-electron chi connectivity index (χ0n) is 22.3. The molecule has 0 bridgehead atoms. The SMILES string of the molecule is CC(NC(=O)C(NC(=O)O)C(C)C)C(=O)Nc1ccc(COC(=O)NCC#Cc2cc(CBr)cc(CBr)c2)cc1. The lowest BCUT2D eigenvalue weighted by Gasteiger charge is -2.22. The fourth-order valence-electron chi connectivity index (χ4n) is 3.42. The van der Waals surface area contributed by atoms with Crippen LogP contribution in [0.2, 0.25) is 0 Å². The average Bonchev–Trinajstić information content (AvgIpc) is 2.92. The van der Waals surface area contributed by atoms with Crippen LogP contribution >= 0.6 is 31.9 Å². The number of rotatable bonds is 11. The van der Waals surface area contributed by atoms with E-state index in [-0.39, 0.29) is 19.1 Å². The van der Waals surface area contributed by atoms with Crippen LogP contribution in [0.5, 0.6) is 0 Å². The Labute approximate surface area is 250 Å². The van der Waals surface area contributed by atoms with Crippen LogP contribution < -0.4 is 21.3 Å². The summed E-state index contributed by atoms with van der Waals surface area (Å²) in [6.07, 6.45) is -1.93. The molecule has 10 nitrogen and oxygen atoms in total. The van der Waals surface area contributed by atoms with Crippen molar-refractivity contribution in [3.05, 3.63) is 64.7 Å². The van der Waals surface area contributed by atoms with Gasteiger partial charge in [0.05, 0.1) is 6.54 Å². The Hall–Kier alpha value is -3.56. The van der Waals surface area contributed by atoms with E-state index in [1.54, 1.807) is 38.1 Å². The predicted octanol–water partition coefficient (Wildman–Crippen LogP) is 4.49. The standard InChI is InChI=1S/C28H32Br2N4O6/c1-17(2)24(34-27(37)38)26(36)32-18(3)25(35)33-23-8-6-19(7-9-23)16-40-28(39)31-10-4-5-20-11-21(14-29)13-22(12-20)15-30/h6-9,11-13,17-18,24,34H,10,14-16H2,1-3H3,(H,31,39)(H,32,36)(H,33,35)(H,37,38). The van der Waals surface area contributed by atoms with Gasteiger partial charge in [-0.05, 0) is 53.8 Å². The summed E-state index contributed by atoms with van der Waals surface area (Å²) in [5, 5.41) is 20.3. The lowest BCUT2D eigenvalue weighted by Crippen LogP contribution is -2.53. The number of hydrogen-bond donors (Lipinski definition) is 5. The fraction of sp³-hybridized carbons (Fsp3) is 0.357. The van der Waals surface area contributed by atoms with Crippen LogP contribution in [-0.4, -0.2) is 47.7 Å². The third-order valence-electron chi connectivity index (χ3n) is 5.49. The number of carbonyl (C=O) groups excluding carboxylic acids is 3. The second-order valence-corrected chi connectivity index (χ2v) is 10.2. The van der Waals surface area contributed by atoms with E-state index in [1.807, 2.05) is 12.1 Å². The van der Waals surface area contributed by atoms with Gasteiger partial charge >= 0.3 is 12.2 Å². The van der Waals surface area contributed by atoms with Gasteiger partial charge in [-0.15, -0.1) is 0 Å². The summed E-state index contributed by atoms with van der Waals surface area (Å²) in [5.74, 6) is 4.58. The number of alkyl carbamates (subject to hydrolysis) is 1. The molecule has 0 saturated carbocycles. The second kappa shape index (κ2) is 16.5. The molecule has 0 fully saturated rings. The molecule has 0 saturated heterocycles. The van der Waals surface area contributed by atoms with E-state index in [0.717, 1.165) is 27.4 Å². The molecule has 40 heavy (non-hydrogen) atoms. The van der Waals surface area contributed by atoms with Crippen molar-refractivity contribution in [3.8, 4) is 11.8 Å². The van der Waals surface area contributed by atoms with Crippen LogP contribution in [-0.2, 0) is 31.6 Å². The number of alkyl halides is 2. The molecule has 5 N–H and O–H groups in total. The Bertz CT molecular complexity index is 1240. The normalized spacial score (nSPS) is 11.8. The molecule has 2 rings (SSSR count). The molecule has 4 amide bonds. The minimum Gasteiger partial charge on any atom is -0.465 e. The maximum Gasteiger partial charge on any atom is 0.408 e. The summed E-state index contributed by atoms with van der Waals surface area (Å²) >= 11 is 6.90. The van der Waals surface area contributed by atoms with Crippen molar-refractivity contribution in [2.75, 3.05) is 11.9 Å². The molecule has 0 aliphatic rings. The van der Waals surface area contributed by atoms with E-state index in [1.165, 1.54) is 6.92 Å². The Morgan fingerprint density at radius 2 is 1.52 bits per heavy atom. The van der Waals surface area contributed by atoms with Gasteiger partial charge in [0.25, 0.3) is 0 Å². The molecule has 0 aromatic heterocycles. The molecule has 0 radical (unpaired) electrons. The second-order valence-electron chi connectivity index (χ2n) is 9.12. The van der Waals surface area contributed by atoms with E-state index in [9.17, 15) is 19.2 Å². The first-order valence-corrected chi connectivity index (χ1v) is 14.6. The third kappa shape index (κ3) is 11.3. The van der Waals surface area contributed by atoms with Crippen molar-refractivity contribution in [3.63, 3.8) is 0 Å². The first kappa shape index (κ1) is 32.7. The monoisotopic (exact) mass is 678 g/mol. The lowest BCUT2D eigenvalue weighted by molar-refractivity contribution is -0.128. The number of benzene rings is 2. The van der Waals surface area contributed by atoms with Gasteiger partial charge in [0.1, 0.15) is 18.7 Å². The average molecular weight is 680 g/mol. The molecule has 0 aliphatic carbocycles. The number of nitrogens with one attached hydrogen (secondary N) is 4. The highest BCUT2D eigenvalue weighted by atomic mass is 79.9. The Balaban J connectivity index is 1.79. The van der Waals surface area contributed by atoms with Crippen molar-refractivity contribution < 1.29 is 29.0 Å². The van der Waals surface area contributed by atoms with Crippen LogP contribution in [0, 0.1) is 17.8 Å². The number of carboxylic acid groups (broad SMARTS) is 1. The van der Waals surface area contributed by atoms with Crippen LogP contribution in [0.15, 0.2) is 42.5 Å². The van der Waals surface area contributed by atoms with Gasteiger partial charge in [-0.1, -0.05) is 75.7 Å². The molecule has 0 spiro atoms. The highest BCUT2D eigenvalue weighted by molar-refractivity contribution is 9.08. The third-order valence-corrected chi connectivity index (χ3v) is 6.78. The van der Waals surface area contributed by atoms with Crippen LogP contribution in [0.25, 0.3) is 0 Å². The van der Waals surface area contributed by atoms with Gasteiger partial charge in [-0.25, -0.2) is 9.59 Å². The van der Waals surface area contributed by atoms with Crippen molar-refractivity contribution in [1.29, 1.82) is 0 Å². The van der Waals surface area contributed by atoms with E-state index in [0.29, 0.717) is 11.3 Å². The van der Waals surface area contributed by atoms with Crippen LogP contribution in [0.1, 0.15) is 43.0 Å². The van der Waals surface area contributed by atoms with Crippen LogP contribution in [0.4, 0.5) is 15.3 Å². The zero-order chi connectivity index (χ0) is 29.7. The Morgan fingerprint density at radius 1 is 0.900 bits per heavy atom. The maximum absolute atomic E-state index is 12.5. The van der Waals surface area contributed by atoms with Crippen molar-refractivity contribution >= 4 is 61.5 Å². The molecule has 0 heterocycles. The maximum atomic E-state index is 12.5. The summed E-state index contributed by atoms with van der Waals surface area (Å²) in [6, 6.07) is 10.8. The molecule has 214 valence electrons. The highest BCUT2D eigenvalue weighted by Crippen LogP contribution is 2.15. The number of halogens is 2. The van der Waals surface area contributed by atoms with E-state index in [2.05, 4.69) is 71.0 Å². The lowest BCUT2D eigenvalue weighted by atomic mass is 10.0. The van der Waals surface area contributed by atoms with E-state index < -0.39 is 36.1 Å². The topological polar surface area (TPSA) is 146 Å². The van der Waals surface area contributed by atoms with Gasteiger partial charge < -0.3 is 31.1 Å². The molecule has 2 aromatic rings. The van der Waals surface area contributed by atoms with Gasteiger partial charge in [-0.2, -0.15) is 0 Å². The number of ether oxygens (including phenoxy) is 1. The minimum absolute atomic E-state index is 0.0228. The first-order chi connectivity index (χ1) is 19.0. The Kier molecular flexibility index (Phi) is 13.5. The molecule has 12 heteroatoms. The summed E-state index contributed by atoms with van der Waals surface area (Å²) in [5.41, 5.74) is 4.27. The smallest absolute Gasteiger partial charge is 0.408 e. The number of hydrogen-bond acceptors (Lipinski definition) is 5. The summed E-state index contributed by atoms with van der Waals surface area (Å²) < 4.78 is 5.21. The van der Waals surface area contributed by atoms with Gasteiger partial charge in [-0.3, -0.25) is 9.59 Å². The van der Waals surface area contributed by atoms with Crippen LogP contribution in [0.3, 0.4) is 0 Å². The van der Waals surface area contributed by atoms with Crippen molar-refractivity contribution in [2.45, 2.75) is 50.1 Å². The summed E-state index contributed by atoms with van der Waals surface area (Å²) in [7, 11) is 0. The van der Waals surface area contributed by atoms with Crippen molar-refractivity contribution in [1.82, 2.24) is 16.0 Å². The zero-order valence-corrected chi connectivity index (χ0v) is 25.5. The molecule has 0 aliphatic heterocycles. The number of amides is 4. The van der Waals surface area contributed by atoms with E-state index in [4.69, 9.17) is 9.84 Å². The predicted molar refractivity (Wildman–Crippen MR) is 159 cm³/mol. The molecular formula is C28H32Br2N4O6. The van der Waals surface area contributed by atoms with Gasteiger partial charge in [0.15, 0.2) is 0 Å². The molecule has 2 atom stereocenters. The fourth-order valence-corrected chi connectivity index (χ4v) is 4.07. The number of anilines is 1.